The summed E-state index contributed by atoms with van der Waals surface area (Å²) in [5.41, 5.74) is 0. The van der Waals surface area contributed by atoms with E-state index in [0.717, 1.165) is 10.7 Å². The van der Waals surface area contributed by atoms with E-state index in [-0.39, 0.29) is 25.1 Å². The van der Waals surface area contributed by atoms with Crippen molar-refractivity contribution in [1.29, 1.82) is 0 Å². The van der Waals surface area contributed by atoms with E-state index in [1.807, 2.05) is 0 Å². The van der Waals surface area contributed by atoms with Crippen molar-refractivity contribution in [2.45, 2.75) is 38.1 Å². The topological polar surface area (TPSA) is 74.7 Å². The smallest absolute Gasteiger partial charge is 0.322 e. The lowest BCUT2D eigenvalue weighted by Crippen LogP contribution is -2.48. The number of carboxylic acid groups (broad SMARTS) is 1. The molecule has 1 fully saturated rings. The number of sulfonamides is 1. The van der Waals surface area contributed by atoms with Crippen LogP contribution in [0.15, 0.2) is 0 Å². The van der Waals surface area contributed by atoms with Gasteiger partial charge in [0.1, 0.15) is 6.04 Å². The van der Waals surface area contributed by atoms with Crippen molar-refractivity contribution in [3.05, 3.63) is 0 Å². The van der Waals surface area contributed by atoms with Gasteiger partial charge in [0.25, 0.3) is 0 Å². The summed E-state index contributed by atoms with van der Waals surface area (Å²) in [5, 5.41) is 8.98. The van der Waals surface area contributed by atoms with Crippen LogP contribution in [-0.2, 0) is 14.8 Å². The van der Waals surface area contributed by atoms with Crippen LogP contribution in [0.3, 0.4) is 0 Å². The Hall–Kier alpha value is -0.690. The normalized spacial score (nSPS) is 22.5. The molecule has 1 aliphatic heterocycles. The van der Waals surface area contributed by atoms with Crippen LogP contribution in [0.5, 0.6) is 0 Å². The molecule has 0 amide bonds. The third-order valence-corrected chi connectivity index (χ3v) is 4.84. The molecule has 1 N–H and O–H groups in total. The summed E-state index contributed by atoms with van der Waals surface area (Å²) < 4.78 is 36.8. The third kappa shape index (κ3) is 3.92. The fourth-order valence-corrected chi connectivity index (χ4v) is 3.77. The van der Waals surface area contributed by atoms with Gasteiger partial charge in [0.2, 0.25) is 10.0 Å². The van der Waals surface area contributed by atoms with Crippen LogP contribution in [0.4, 0.5) is 4.39 Å². The molecule has 1 heterocycles. The fourth-order valence-electron chi connectivity index (χ4n) is 1.98. The van der Waals surface area contributed by atoms with Gasteiger partial charge in [-0.05, 0) is 32.1 Å². The van der Waals surface area contributed by atoms with Crippen molar-refractivity contribution in [3.8, 4) is 0 Å². The summed E-state index contributed by atoms with van der Waals surface area (Å²) in [6.45, 7) is -0.285. The predicted molar refractivity (Wildman–Crippen MR) is 61.0 cm³/mol. The quantitative estimate of drug-likeness (QED) is 0.729. The number of halogens is 1. The molecule has 0 bridgehead atoms. The van der Waals surface area contributed by atoms with Crippen LogP contribution >= 0.6 is 0 Å². The highest BCUT2D eigenvalue weighted by molar-refractivity contribution is 7.89. The maximum atomic E-state index is 11.9. The molecule has 1 aliphatic rings. The first kappa shape index (κ1) is 14.4. The van der Waals surface area contributed by atoms with Crippen LogP contribution in [0.25, 0.3) is 0 Å². The van der Waals surface area contributed by atoms with E-state index in [9.17, 15) is 17.6 Å². The standard InChI is InChI=1S/C10H18FNO4S/c11-6-2-4-8-17(15,16)12-7-3-1-5-9(12)10(13)14/h9H,1-8H2,(H,13,14). The average Bonchev–Trinajstić information content (AvgIpc) is 2.29. The molecule has 1 unspecified atom stereocenters. The molecular weight excluding hydrogens is 249 g/mol. The molecular formula is C10H18FNO4S. The van der Waals surface area contributed by atoms with Gasteiger partial charge in [-0.3, -0.25) is 9.18 Å². The second kappa shape index (κ2) is 6.30. The number of nitrogens with zero attached hydrogens (tertiary/aromatic N) is 1. The molecule has 100 valence electrons. The van der Waals surface area contributed by atoms with E-state index < -0.39 is 28.7 Å². The van der Waals surface area contributed by atoms with E-state index in [1.54, 1.807) is 0 Å². The number of aliphatic carboxylic acids is 1. The first-order valence-corrected chi connectivity index (χ1v) is 7.38. The molecule has 5 nitrogen and oxygen atoms in total. The Morgan fingerprint density at radius 3 is 2.65 bits per heavy atom. The van der Waals surface area contributed by atoms with Gasteiger partial charge >= 0.3 is 5.97 Å². The van der Waals surface area contributed by atoms with Gasteiger partial charge in [-0.25, -0.2) is 8.42 Å². The number of carbonyl (C=O) groups is 1. The van der Waals surface area contributed by atoms with Gasteiger partial charge in [0.05, 0.1) is 12.4 Å². The maximum Gasteiger partial charge on any atom is 0.322 e. The van der Waals surface area contributed by atoms with E-state index in [0.29, 0.717) is 12.8 Å². The third-order valence-electron chi connectivity index (χ3n) is 2.88. The van der Waals surface area contributed by atoms with Crippen LogP contribution in [-0.4, -0.2) is 48.8 Å². The molecule has 0 spiro atoms. The Morgan fingerprint density at radius 2 is 2.06 bits per heavy atom. The summed E-state index contributed by atoms with van der Waals surface area (Å²) in [6, 6.07) is -0.945. The van der Waals surface area contributed by atoms with Crippen molar-refractivity contribution in [2.24, 2.45) is 0 Å². The zero-order valence-corrected chi connectivity index (χ0v) is 10.5. The summed E-state index contributed by atoms with van der Waals surface area (Å²) in [6.07, 6.45) is 2.21. The molecule has 0 radical (unpaired) electrons. The number of piperidine rings is 1. The van der Waals surface area contributed by atoms with Gasteiger partial charge in [0.15, 0.2) is 0 Å². The lowest BCUT2D eigenvalue weighted by Gasteiger charge is -2.31. The van der Waals surface area contributed by atoms with E-state index in [2.05, 4.69) is 0 Å². The number of hydrogen-bond donors (Lipinski definition) is 1. The second-order valence-electron chi connectivity index (χ2n) is 4.17. The molecule has 17 heavy (non-hydrogen) atoms. The Kier molecular flexibility index (Phi) is 5.32. The lowest BCUT2D eigenvalue weighted by atomic mass is 10.1. The molecule has 0 saturated carbocycles. The SMILES string of the molecule is O=C(O)C1CCCCN1S(=O)(=O)CCCCF. The van der Waals surface area contributed by atoms with E-state index in [4.69, 9.17) is 5.11 Å². The average molecular weight is 267 g/mol. The molecule has 7 heteroatoms. The summed E-state index contributed by atoms with van der Waals surface area (Å²) >= 11 is 0. The maximum absolute atomic E-state index is 11.9. The predicted octanol–water partition coefficient (Wildman–Crippen LogP) is 1.00. The van der Waals surface area contributed by atoms with Gasteiger partial charge in [0, 0.05) is 6.54 Å². The molecule has 1 saturated heterocycles. The van der Waals surface area contributed by atoms with Crippen LogP contribution in [0.2, 0.25) is 0 Å². The first-order valence-electron chi connectivity index (χ1n) is 5.77. The molecule has 0 aromatic heterocycles. The van der Waals surface area contributed by atoms with Crippen LogP contribution in [0.1, 0.15) is 32.1 Å². The lowest BCUT2D eigenvalue weighted by molar-refractivity contribution is -0.142. The highest BCUT2D eigenvalue weighted by atomic mass is 32.2. The highest BCUT2D eigenvalue weighted by Gasteiger charge is 2.36. The number of carboxylic acids is 1. The van der Waals surface area contributed by atoms with E-state index in [1.165, 1.54) is 0 Å². The number of rotatable bonds is 6. The van der Waals surface area contributed by atoms with Crippen LogP contribution in [0, 0.1) is 0 Å². The minimum absolute atomic E-state index is 0.166. The zero-order valence-electron chi connectivity index (χ0n) is 9.64. The fraction of sp³-hybridized carbons (Fsp3) is 0.900. The van der Waals surface area contributed by atoms with Gasteiger partial charge < -0.3 is 5.11 Å². The largest absolute Gasteiger partial charge is 0.480 e. The Morgan fingerprint density at radius 1 is 1.35 bits per heavy atom. The number of hydrogen-bond acceptors (Lipinski definition) is 3. The van der Waals surface area contributed by atoms with Crippen molar-refractivity contribution in [2.75, 3.05) is 19.0 Å². The second-order valence-corrected chi connectivity index (χ2v) is 6.21. The highest BCUT2D eigenvalue weighted by Crippen LogP contribution is 2.21. The molecule has 0 aromatic carbocycles. The molecule has 0 aliphatic carbocycles. The Balaban J connectivity index is 2.69. The van der Waals surface area contributed by atoms with Crippen molar-refractivity contribution < 1.29 is 22.7 Å². The van der Waals surface area contributed by atoms with Crippen molar-refractivity contribution >= 4 is 16.0 Å². The van der Waals surface area contributed by atoms with Gasteiger partial charge in [-0.1, -0.05) is 0 Å². The summed E-state index contributed by atoms with van der Waals surface area (Å²) in [5.74, 6) is -1.26. The monoisotopic (exact) mass is 267 g/mol. The number of unbranched alkanes of at least 4 members (excludes halogenated alkanes) is 1. The molecule has 1 atom stereocenters. The minimum atomic E-state index is -3.56. The summed E-state index contributed by atoms with van der Waals surface area (Å²) in [4.78, 5) is 11.0. The first-order chi connectivity index (χ1) is 7.99. The summed E-state index contributed by atoms with van der Waals surface area (Å²) in [7, 11) is -3.56. The van der Waals surface area contributed by atoms with Gasteiger partial charge in [-0.15, -0.1) is 0 Å². The number of alkyl halides is 1. The molecule has 0 aromatic rings. The van der Waals surface area contributed by atoms with E-state index >= 15 is 0 Å². The van der Waals surface area contributed by atoms with Crippen molar-refractivity contribution in [3.63, 3.8) is 0 Å². The zero-order chi connectivity index (χ0) is 12.9. The van der Waals surface area contributed by atoms with Crippen molar-refractivity contribution in [1.82, 2.24) is 4.31 Å². The van der Waals surface area contributed by atoms with Crippen LogP contribution < -0.4 is 0 Å². The minimum Gasteiger partial charge on any atom is -0.480 e. The Bertz CT molecular complexity index is 357. The molecule has 1 rings (SSSR count). The van der Waals surface area contributed by atoms with Gasteiger partial charge in [-0.2, -0.15) is 4.31 Å². The Labute approximate surface area is 101 Å².